The summed E-state index contributed by atoms with van der Waals surface area (Å²) in [5, 5.41) is 0. The van der Waals surface area contributed by atoms with E-state index >= 15 is 0 Å². The van der Waals surface area contributed by atoms with E-state index in [0.717, 1.165) is 5.56 Å². The number of nitrogens with zero attached hydrogens (tertiary/aromatic N) is 2. The van der Waals surface area contributed by atoms with Crippen LogP contribution in [0.15, 0.2) is 88.1 Å². The van der Waals surface area contributed by atoms with Crippen molar-refractivity contribution < 1.29 is 13.6 Å². The van der Waals surface area contributed by atoms with Gasteiger partial charge in [-0.15, -0.1) is 0 Å². The van der Waals surface area contributed by atoms with Gasteiger partial charge in [-0.25, -0.2) is 9.38 Å². The minimum Gasteiger partial charge on any atom is -0.465 e. The van der Waals surface area contributed by atoms with E-state index < -0.39 is 0 Å². The molecule has 1 aromatic heterocycles. The molecule has 4 nitrogen and oxygen atoms in total. The summed E-state index contributed by atoms with van der Waals surface area (Å²) in [6.45, 7) is 0. The lowest BCUT2D eigenvalue weighted by molar-refractivity contribution is -0.113. The van der Waals surface area contributed by atoms with Crippen molar-refractivity contribution in [2.45, 2.75) is 0 Å². The quantitative estimate of drug-likeness (QED) is 0.673. The molecule has 0 aliphatic carbocycles. The highest BCUT2D eigenvalue weighted by molar-refractivity contribution is 6.33. The van der Waals surface area contributed by atoms with E-state index in [-0.39, 0.29) is 17.4 Å². The Kier molecular flexibility index (Phi) is 3.74. The van der Waals surface area contributed by atoms with Crippen LogP contribution >= 0.6 is 0 Å². The molecule has 0 radical (unpaired) electrons. The molecule has 2 heterocycles. The second-order valence-electron chi connectivity index (χ2n) is 5.46. The summed E-state index contributed by atoms with van der Waals surface area (Å²) < 4.78 is 18.5. The van der Waals surface area contributed by atoms with E-state index in [1.54, 1.807) is 30.3 Å². The van der Waals surface area contributed by atoms with Crippen molar-refractivity contribution in [3.63, 3.8) is 0 Å². The number of amidine groups is 1. The number of halogens is 1. The van der Waals surface area contributed by atoms with Crippen LogP contribution in [0.4, 0.5) is 10.1 Å². The zero-order valence-electron chi connectivity index (χ0n) is 13.1. The molecule has 25 heavy (non-hydrogen) atoms. The molecule has 1 aliphatic heterocycles. The molecule has 0 saturated carbocycles. The first-order chi connectivity index (χ1) is 12.2. The highest BCUT2D eigenvalue weighted by Gasteiger charge is 2.32. The van der Waals surface area contributed by atoms with Gasteiger partial charge < -0.3 is 4.42 Å². The van der Waals surface area contributed by atoms with Crippen molar-refractivity contribution in [2.75, 3.05) is 4.90 Å². The number of aliphatic imine (C=N–C) groups is 1. The number of rotatable bonds is 3. The van der Waals surface area contributed by atoms with Crippen molar-refractivity contribution in [1.82, 2.24) is 0 Å². The fourth-order valence-electron chi connectivity index (χ4n) is 2.64. The Morgan fingerprint density at radius 2 is 1.72 bits per heavy atom. The van der Waals surface area contributed by atoms with Crippen LogP contribution in [0.2, 0.25) is 0 Å². The maximum Gasteiger partial charge on any atom is 0.282 e. The summed E-state index contributed by atoms with van der Waals surface area (Å²) in [5.41, 5.74) is 1.61. The molecule has 1 aliphatic rings. The third-order valence-corrected chi connectivity index (χ3v) is 3.80. The molecule has 1 amide bonds. The van der Waals surface area contributed by atoms with Crippen LogP contribution in [-0.4, -0.2) is 11.7 Å². The standard InChI is InChI=1S/C20H13FN2O2/c21-15-8-10-16(11-9-15)23-19(14-5-2-1-3-6-14)22-18(20(23)24)13-17-7-4-12-25-17/h1-13H/b18-13+. The first-order valence-electron chi connectivity index (χ1n) is 7.72. The summed E-state index contributed by atoms with van der Waals surface area (Å²) in [4.78, 5) is 18.9. The number of hydrogen-bond donors (Lipinski definition) is 0. The molecule has 0 unspecified atom stereocenters. The van der Waals surface area contributed by atoms with Gasteiger partial charge in [0.05, 0.1) is 12.0 Å². The van der Waals surface area contributed by atoms with Crippen LogP contribution in [0.25, 0.3) is 6.08 Å². The minimum atomic E-state index is -0.361. The van der Waals surface area contributed by atoms with Crippen LogP contribution in [0.3, 0.4) is 0 Å². The van der Waals surface area contributed by atoms with E-state index in [4.69, 9.17) is 4.42 Å². The maximum absolute atomic E-state index is 13.3. The molecule has 0 saturated heterocycles. The summed E-state index contributed by atoms with van der Waals surface area (Å²) in [5.74, 6) is 0.386. The van der Waals surface area contributed by atoms with Gasteiger partial charge in [0.1, 0.15) is 23.1 Å². The Balaban J connectivity index is 1.82. The van der Waals surface area contributed by atoms with Gasteiger partial charge in [0.2, 0.25) is 0 Å². The van der Waals surface area contributed by atoms with Gasteiger partial charge in [0.25, 0.3) is 5.91 Å². The summed E-state index contributed by atoms with van der Waals surface area (Å²) in [7, 11) is 0. The van der Waals surface area contributed by atoms with Gasteiger partial charge in [-0.3, -0.25) is 9.69 Å². The lowest BCUT2D eigenvalue weighted by Gasteiger charge is -2.18. The van der Waals surface area contributed by atoms with E-state index in [0.29, 0.717) is 17.3 Å². The van der Waals surface area contributed by atoms with Crippen LogP contribution in [0.1, 0.15) is 11.3 Å². The molecule has 2 aromatic carbocycles. The number of amides is 1. The Morgan fingerprint density at radius 1 is 0.960 bits per heavy atom. The fourth-order valence-corrected chi connectivity index (χ4v) is 2.64. The number of benzene rings is 2. The molecule has 5 heteroatoms. The van der Waals surface area contributed by atoms with Gasteiger partial charge in [-0.1, -0.05) is 30.3 Å². The van der Waals surface area contributed by atoms with E-state index in [9.17, 15) is 9.18 Å². The second-order valence-corrected chi connectivity index (χ2v) is 5.46. The van der Waals surface area contributed by atoms with Crippen LogP contribution < -0.4 is 4.90 Å². The molecule has 0 fully saturated rings. The predicted molar refractivity (Wildman–Crippen MR) is 93.6 cm³/mol. The Hall–Kier alpha value is -3.47. The molecule has 0 bridgehead atoms. The summed E-state index contributed by atoms with van der Waals surface area (Å²) >= 11 is 0. The highest BCUT2D eigenvalue weighted by atomic mass is 19.1. The van der Waals surface area contributed by atoms with E-state index in [2.05, 4.69) is 4.99 Å². The Labute approximate surface area is 143 Å². The van der Waals surface area contributed by atoms with Crippen LogP contribution in [-0.2, 0) is 4.79 Å². The largest absolute Gasteiger partial charge is 0.465 e. The van der Waals surface area contributed by atoms with Gasteiger partial charge in [-0.05, 0) is 36.4 Å². The number of furan rings is 1. The molecule has 3 aromatic rings. The zero-order valence-corrected chi connectivity index (χ0v) is 13.1. The van der Waals surface area contributed by atoms with Crippen molar-refractivity contribution in [1.29, 1.82) is 0 Å². The lowest BCUT2D eigenvalue weighted by atomic mass is 10.2. The molecular weight excluding hydrogens is 319 g/mol. The van der Waals surface area contributed by atoms with Crippen molar-refractivity contribution >= 4 is 23.5 Å². The Morgan fingerprint density at radius 3 is 2.40 bits per heavy atom. The molecule has 4 rings (SSSR count). The number of carbonyl (C=O) groups excluding carboxylic acids is 1. The predicted octanol–water partition coefficient (Wildman–Crippen LogP) is 4.25. The molecular formula is C20H13FN2O2. The van der Waals surface area contributed by atoms with Gasteiger partial charge >= 0.3 is 0 Å². The lowest BCUT2D eigenvalue weighted by Crippen LogP contribution is -2.32. The monoisotopic (exact) mass is 332 g/mol. The van der Waals surface area contributed by atoms with Gasteiger partial charge in [-0.2, -0.15) is 0 Å². The van der Waals surface area contributed by atoms with E-state index in [1.807, 2.05) is 30.3 Å². The number of carbonyl (C=O) groups is 1. The summed E-state index contributed by atoms with van der Waals surface area (Å²) in [6.07, 6.45) is 3.13. The minimum absolute atomic E-state index is 0.262. The van der Waals surface area contributed by atoms with Crippen LogP contribution in [0.5, 0.6) is 0 Å². The van der Waals surface area contributed by atoms with Gasteiger partial charge in [0, 0.05) is 11.6 Å². The first-order valence-corrected chi connectivity index (χ1v) is 7.72. The average molecular weight is 332 g/mol. The Bertz CT molecular complexity index is 959. The van der Waals surface area contributed by atoms with Crippen molar-refractivity contribution in [3.05, 3.63) is 95.8 Å². The average Bonchev–Trinajstić information content (AvgIpc) is 3.26. The summed E-state index contributed by atoms with van der Waals surface area (Å²) in [6, 6.07) is 18.6. The third kappa shape index (κ3) is 2.87. The van der Waals surface area contributed by atoms with Crippen molar-refractivity contribution in [2.24, 2.45) is 4.99 Å². The second kappa shape index (κ2) is 6.20. The number of anilines is 1. The third-order valence-electron chi connectivity index (χ3n) is 3.80. The maximum atomic E-state index is 13.3. The molecule has 0 spiro atoms. The normalized spacial score (nSPS) is 15.7. The van der Waals surface area contributed by atoms with Crippen LogP contribution in [0, 0.1) is 5.82 Å². The first kappa shape index (κ1) is 15.1. The fraction of sp³-hybridized carbons (Fsp3) is 0. The highest BCUT2D eigenvalue weighted by Crippen LogP contribution is 2.28. The SMILES string of the molecule is O=C1/C(=C\c2ccco2)N=C(c2ccccc2)N1c1ccc(F)cc1. The van der Waals surface area contributed by atoms with E-state index in [1.165, 1.54) is 23.3 Å². The van der Waals surface area contributed by atoms with Gasteiger partial charge in [0.15, 0.2) is 0 Å². The molecule has 122 valence electrons. The zero-order chi connectivity index (χ0) is 17.2. The molecule has 0 N–H and O–H groups in total. The smallest absolute Gasteiger partial charge is 0.282 e. The van der Waals surface area contributed by atoms with Crippen molar-refractivity contribution in [3.8, 4) is 0 Å². The number of hydrogen-bond acceptors (Lipinski definition) is 3. The molecule has 0 atom stereocenters. The topological polar surface area (TPSA) is 45.8 Å².